The minimum absolute atomic E-state index is 0. The molecule has 1 aromatic rings. The van der Waals surface area contributed by atoms with Gasteiger partial charge in [0.2, 0.25) is 0 Å². The molecule has 0 saturated carbocycles. The van der Waals surface area contributed by atoms with E-state index in [4.69, 9.17) is 0 Å². The summed E-state index contributed by atoms with van der Waals surface area (Å²) in [4.78, 5) is 0. The van der Waals surface area contributed by atoms with Crippen molar-refractivity contribution in [1.29, 1.82) is 0 Å². The summed E-state index contributed by atoms with van der Waals surface area (Å²) >= 11 is 9.24. The first kappa shape index (κ1) is 13.3. The zero-order valence-corrected chi connectivity index (χ0v) is 9.86. The fourth-order valence-electron chi connectivity index (χ4n) is 0.570. The molecule has 1 rings (SSSR count). The summed E-state index contributed by atoms with van der Waals surface area (Å²) in [5.74, 6) is -0.0172. The quantitative estimate of drug-likeness (QED) is 0.689. The van der Waals surface area contributed by atoms with Crippen molar-refractivity contribution >= 4 is 77.3 Å². The van der Waals surface area contributed by atoms with Gasteiger partial charge in [-0.05, 0) is 53.9 Å². The summed E-state index contributed by atoms with van der Waals surface area (Å²) in [6, 6.07) is 1.56. The second-order valence-electron chi connectivity index (χ2n) is 1.85. The fourth-order valence-corrected chi connectivity index (χ4v) is 2.69. The van der Waals surface area contributed by atoms with Crippen molar-refractivity contribution in [2.75, 3.05) is 0 Å². The van der Waals surface area contributed by atoms with E-state index >= 15 is 0 Å². The van der Waals surface area contributed by atoms with Crippen LogP contribution in [0.2, 0.25) is 0 Å². The number of hydrogen-bond donors (Lipinski definition) is 2. The molecule has 0 aliphatic carbocycles. The summed E-state index contributed by atoms with van der Waals surface area (Å²) in [6.45, 7) is 0. The Morgan fingerprint density at radius 1 is 0.917 bits per heavy atom. The fraction of sp³-hybridized carbons (Fsp3) is 0. The number of phenolic OH excluding ortho intramolecular Hbond substituents is 2. The van der Waals surface area contributed by atoms with Gasteiger partial charge in [-0.2, -0.15) is 0 Å². The zero-order chi connectivity index (χ0) is 8.59. The molecular weight excluding hydrogens is 367 g/mol. The topological polar surface area (TPSA) is 40.5 Å². The SMILES string of the molecule is Oc1c(Br)cc(Br)c(O)c1Br.[NaH]. The molecule has 0 aromatic heterocycles. The normalized spacial score (nSPS) is 9.25. The van der Waals surface area contributed by atoms with Crippen LogP contribution in [0, 0.1) is 0 Å². The molecule has 2 N–H and O–H groups in total. The van der Waals surface area contributed by atoms with Gasteiger partial charge in [0.1, 0.15) is 16.0 Å². The van der Waals surface area contributed by atoms with E-state index in [1.54, 1.807) is 6.07 Å². The summed E-state index contributed by atoms with van der Waals surface area (Å²) in [6.07, 6.45) is 0. The van der Waals surface area contributed by atoms with Crippen LogP contribution in [0.3, 0.4) is 0 Å². The van der Waals surface area contributed by atoms with Crippen molar-refractivity contribution in [3.8, 4) is 11.5 Å². The number of rotatable bonds is 0. The summed E-state index contributed by atoms with van der Waals surface area (Å²) in [5.41, 5.74) is 0. The molecule has 6 heteroatoms. The Kier molecular flexibility index (Phi) is 5.77. The molecule has 2 nitrogen and oxygen atoms in total. The molecule has 0 radical (unpaired) electrons. The maximum absolute atomic E-state index is 9.24. The van der Waals surface area contributed by atoms with Crippen LogP contribution in [-0.4, -0.2) is 39.8 Å². The average Bonchev–Trinajstić information content (AvgIpc) is 1.97. The van der Waals surface area contributed by atoms with Crippen LogP contribution in [0.5, 0.6) is 11.5 Å². The van der Waals surface area contributed by atoms with Gasteiger partial charge in [0, 0.05) is 0 Å². The number of aromatic hydroxyl groups is 2. The summed E-state index contributed by atoms with van der Waals surface area (Å²) < 4.78 is 1.32. The molecule has 1 aromatic carbocycles. The van der Waals surface area contributed by atoms with Crippen LogP contribution in [0.1, 0.15) is 0 Å². The molecule has 0 heterocycles. The van der Waals surface area contributed by atoms with Crippen LogP contribution in [-0.2, 0) is 0 Å². The zero-order valence-electron chi connectivity index (χ0n) is 5.11. The monoisotopic (exact) mass is 368 g/mol. The van der Waals surface area contributed by atoms with Crippen LogP contribution >= 0.6 is 47.8 Å². The molecule has 0 atom stereocenters. The van der Waals surface area contributed by atoms with Gasteiger partial charge in [0.25, 0.3) is 0 Å². The van der Waals surface area contributed by atoms with E-state index in [0.29, 0.717) is 8.95 Å². The van der Waals surface area contributed by atoms with Gasteiger partial charge in [0.05, 0.1) is 8.95 Å². The Morgan fingerprint density at radius 2 is 1.25 bits per heavy atom. The second-order valence-corrected chi connectivity index (χ2v) is 4.35. The molecule has 12 heavy (non-hydrogen) atoms. The van der Waals surface area contributed by atoms with E-state index in [-0.39, 0.29) is 45.5 Å². The molecule has 0 bridgehead atoms. The van der Waals surface area contributed by atoms with Gasteiger partial charge in [-0.15, -0.1) is 0 Å². The van der Waals surface area contributed by atoms with Crippen molar-refractivity contribution in [3.63, 3.8) is 0 Å². The Balaban J connectivity index is 0.00000121. The molecule has 0 aliphatic rings. The molecule has 62 valence electrons. The third kappa shape index (κ3) is 2.62. The van der Waals surface area contributed by atoms with Crippen LogP contribution in [0.15, 0.2) is 19.5 Å². The molecule has 0 amide bonds. The predicted octanol–water partition coefficient (Wildman–Crippen LogP) is 2.74. The molecule has 0 spiro atoms. The summed E-state index contributed by atoms with van der Waals surface area (Å²) in [5, 5.41) is 18.5. The molecule has 0 saturated heterocycles. The van der Waals surface area contributed by atoms with Crippen LogP contribution < -0.4 is 0 Å². The van der Waals surface area contributed by atoms with Gasteiger partial charge in [-0.3, -0.25) is 0 Å². The third-order valence-electron chi connectivity index (χ3n) is 1.12. The first-order chi connectivity index (χ1) is 5.04. The maximum atomic E-state index is 9.24. The predicted molar refractivity (Wildman–Crippen MR) is 60.0 cm³/mol. The van der Waals surface area contributed by atoms with E-state index in [9.17, 15) is 10.2 Å². The van der Waals surface area contributed by atoms with Gasteiger partial charge in [0.15, 0.2) is 0 Å². The van der Waals surface area contributed by atoms with E-state index in [1.165, 1.54) is 0 Å². The Labute approximate surface area is 117 Å². The van der Waals surface area contributed by atoms with Gasteiger partial charge >= 0.3 is 29.6 Å². The number of halogens is 3. The van der Waals surface area contributed by atoms with Crippen molar-refractivity contribution in [3.05, 3.63) is 19.5 Å². The Hall–Kier alpha value is 1.26. The van der Waals surface area contributed by atoms with Gasteiger partial charge in [-0.1, -0.05) is 0 Å². The Bertz CT molecular complexity index is 277. The van der Waals surface area contributed by atoms with E-state index in [0.717, 1.165) is 0 Å². The number of benzene rings is 1. The molecular formula is C6H4Br3NaO2. The van der Waals surface area contributed by atoms with E-state index < -0.39 is 0 Å². The number of phenols is 2. The van der Waals surface area contributed by atoms with Crippen LogP contribution in [0.4, 0.5) is 0 Å². The third-order valence-corrected chi connectivity index (χ3v) is 3.08. The first-order valence-corrected chi connectivity index (χ1v) is 4.97. The molecule has 0 fully saturated rings. The van der Waals surface area contributed by atoms with Crippen molar-refractivity contribution < 1.29 is 10.2 Å². The molecule has 0 aliphatic heterocycles. The van der Waals surface area contributed by atoms with Crippen molar-refractivity contribution in [2.45, 2.75) is 0 Å². The van der Waals surface area contributed by atoms with Crippen molar-refractivity contribution in [1.82, 2.24) is 0 Å². The van der Waals surface area contributed by atoms with Crippen LogP contribution in [0.25, 0.3) is 0 Å². The molecule has 0 unspecified atom stereocenters. The van der Waals surface area contributed by atoms with Crippen molar-refractivity contribution in [2.24, 2.45) is 0 Å². The standard InChI is InChI=1S/C6H3Br3O2.Na.H/c7-2-1-3(8)6(11)4(9)5(2)10;;/h1,10-11H;;. The Morgan fingerprint density at radius 3 is 1.58 bits per heavy atom. The van der Waals surface area contributed by atoms with E-state index in [1.807, 2.05) is 0 Å². The second kappa shape index (κ2) is 5.22. The number of hydrogen-bond acceptors (Lipinski definition) is 2. The average molecular weight is 371 g/mol. The summed E-state index contributed by atoms with van der Waals surface area (Å²) in [7, 11) is 0. The first-order valence-electron chi connectivity index (χ1n) is 2.59. The van der Waals surface area contributed by atoms with Gasteiger partial charge < -0.3 is 10.2 Å². The van der Waals surface area contributed by atoms with Gasteiger partial charge in [-0.25, -0.2) is 0 Å². The minimum atomic E-state index is -0.00861. The van der Waals surface area contributed by atoms with E-state index in [2.05, 4.69) is 47.8 Å².